The number of sulfone groups is 1. The highest BCUT2D eigenvalue weighted by molar-refractivity contribution is 7.90. The van der Waals surface area contributed by atoms with Crippen LogP contribution < -0.4 is 0 Å². The van der Waals surface area contributed by atoms with Crippen molar-refractivity contribution < 1.29 is 34.9 Å². The summed E-state index contributed by atoms with van der Waals surface area (Å²) in [6.07, 6.45) is -3.94. The quantitative estimate of drug-likeness (QED) is 0.527. The van der Waals surface area contributed by atoms with Gasteiger partial charge in [-0.3, -0.25) is 0 Å². The number of aryl methyl sites for hydroxylation is 2. The lowest BCUT2D eigenvalue weighted by Gasteiger charge is -2.12. The molecule has 154 valence electrons. The van der Waals surface area contributed by atoms with E-state index >= 15 is 0 Å². The molecule has 0 atom stereocenters. The van der Waals surface area contributed by atoms with E-state index in [-0.39, 0.29) is 33.7 Å². The Balaban J connectivity index is 2.23. The molecule has 0 unspecified atom stereocenters. The Kier molecular flexibility index (Phi) is 5.02. The van der Waals surface area contributed by atoms with Crippen molar-refractivity contribution in [1.29, 1.82) is 0 Å². The van der Waals surface area contributed by atoms with Crippen molar-refractivity contribution in [2.45, 2.75) is 24.9 Å². The lowest BCUT2D eigenvalue weighted by Crippen LogP contribution is -2.07. The van der Waals surface area contributed by atoms with Crippen LogP contribution in [0.1, 0.15) is 16.9 Å². The number of nitrogens with zero attached hydrogens (tertiary/aromatic N) is 1. The Bertz CT molecular complexity index is 1190. The number of halogens is 5. The van der Waals surface area contributed by atoms with Gasteiger partial charge in [0.15, 0.2) is 9.84 Å². The number of hydrogen-bond acceptors (Lipinski definition) is 4. The summed E-state index contributed by atoms with van der Waals surface area (Å²) in [5, 5.41) is 3.74. The van der Waals surface area contributed by atoms with Crippen molar-refractivity contribution in [3.8, 4) is 22.4 Å². The van der Waals surface area contributed by atoms with Gasteiger partial charge in [-0.1, -0.05) is 17.3 Å². The first kappa shape index (κ1) is 21.0. The molecule has 3 aromatic rings. The van der Waals surface area contributed by atoms with Gasteiger partial charge in [-0.15, -0.1) is 0 Å². The minimum absolute atomic E-state index is 0.00221. The van der Waals surface area contributed by atoms with Gasteiger partial charge in [0, 0.05) is 11.8 Å². The molecule has 3 rings (SSSR count). The highest BCUT2D eigenvalue weighted by Crippen LogP contribution is 2.39. The molecule has 0 spiro atoms. The Morgan fingerprint density at radius 2 is 1.55 bits per heavy atom. The van der Waals surface area contributed by atoms with Crippen LogP contribution in [0.15, 0.2) is 39.8 Å². The summed E-state index contributed by atoms with van der Waals surface area (Å²) >= 11 is 0. The van der Waals surface area contributed by atoms with Crippen molar-refractivity contribution in [3.63, 3.8) is 0 Å². The van der Waals surface area contributed by atoms with Gasteiger partial charge in [0.05, 0.1) is 11.1 Å². The number of aromatic nitrogens is 1. The molecule has 0 N–H and O–H groups in total. The van der Waals surface area contributed by atoms with Gasteiger partial charge in [-0.25, -0.2) is 17.2 Å². The molecular formula is C19H14F5NO3S. The van der Waals surface area contributed by atoms with Crippen molar-refractivity contribution >= 4 is 9.84 Å². The van der Waals surface area contributed by atoms with E-state index in [0.29, 0.717) is 6.26 Å². The third-order valence-corrected chi connectivity index (χ3v) is 5.47. The highest BCUT2D eigenvalue weighted by atomic mass is 32.2. The molecule has 0 aliphatic rings. The molecule has 0 radical (unpaired) electrons. The minimum atomic E-state index is -4.60. The van der Waals surface area contributed by atoms with Crippen molar-refractivity contribution in [3.05, 3.63) is 58.9 Å². The zero-order valence-corrected chi connectivity index (χ0v) is 16.2. The van der Waals surface area contributed by atoms with Gasteiger partial charge in [-0.2, -0.15) is 13.2 Å². The van der Waals surface area contributed by atoms with Crippen LogP contribution in [0.2, 0.25) is 0 Å². The van der Waals surface area contributed by atoms with Gasteiger partial charge in [0.2, 0.25) is 0 Å². The second kappa shape index (κ2) is 6.94. The van der Waals surface area contributed by atoms with Crippen molar-refractivity contribution in [1.82, 2.24) is 5.16 Å². The van der Waals surface area contributed by atoms with E-state index in [4.69, 9.17) is 4.52 Å². The standard InChI is InChI=1S/C19H14F5NO3S/c1-9-4-5-11(6-13(9)19(22,23)24)17-16(10(2)28-25-17)12-7-14(20)18(15(21)8-12)29(3,26)27/h4-8H,1-3H3. The maximum absolute atomic E-state index is 14.3. The largest absolute Gasteiger partial charge is 0.416 e. The SMILES string of the molecule is Cc1ccc(-c2noc(C)c2-c2cc(F)c(S(C)(=O)=O)c(F)c2)cc1C(F)(F)F. The second-order valence-electron chi connectivity index (χ2n) is 6.53. The van der Waals surface area contributed by atoms with Gasteiger partial charge in [0.25, 0.3) is 0 Å². The number of benzene rings is 2. The van der Waals surface area contributed by atoms with Crippen LogP contribution >= 0.6 is 0 Å². The molecule has 0 aliphatic heterocycles. The van der Waals surface area contributed by atoms with E-state index in [0.717, 1.165) is 18.2 Å². The molecule has 29 heavy (non-hydrogen) atoms. The topological polar surface area (TPSA) is 60.2 Å². The predicted molar refractivity (Wildman–Crippen MR) is 94.9 cm³/mol. The Labute approximate surface area is 162 Å². The average molecular weight is 431 g/mol. The Morgan fingerprint density at radius 1 is 0.966 bits per heavy atom. The van der Waals surface area contributed by atoms with Crippen LogP contribution in [-0.4, -0.2) is 19.8 Å². The number of hydrogen-bond donors (Lipinski definition) is 0. The van der Waals surface area contributed by atoms with Gasteiger partial charge in [-0.05, 0) is 43.2 Å². The number of alkyl halides is 3. The van der Waals surface area contributed by atoms with Crippen molar-refractivity contribution in [2.75, 3.05) is 6.26 Å². The monoisotopic (exact) mass is 431 g/mol. The first-order valence-electron chi connectivity index (χ1n) is 8.14. The van der Waals surface area contributed by atoms with E-state index in [9.17, 15) is 30.4 Å². The molecule has 0 saturated carbocycles. The zero-order chi connectivity index (χ0) is 21.7. The second-order valence-corrected chi connectivity index (χ2v) is 8.48. The van der Waals surface area contributed by atoms with Crippen molar-refractivity contribution in [2.24, 2.45) is 0 Å². The molecule has 0 aliphatic carbocycles. The normalized spacial score (nSPS) is 12.4. The van der Waals surface area contributed by atoms with E-state index in [1.54, 1.807) is 0 Å². The fraction of sp³-hybridized carbons (Fsp3) is 0.211. The predicted octanol–water partition coefficient (Wildman–Crippen LogP) is 5.33. The summed E-state index contributed by atoms with van der Waals surface area (Å²) in [6, 6.07) is 5.05. The Hall–Kier alpha value is -2.75. The van der Waals surface area contributed by atoms with Crippen LogP contribution in [0.25, 0.3) is 22.4 Å². The summed E-state index contributed by atoms with van der Waals surface area (Å²) < 4.78 is 96.5. The van der Waals surface area contributed by atoms with Crippen LogP contribution in [0.4, 0.5) is 22.0 Å². The minimum Gasteiger partial charge on any atom is -0.360 e. The van der Waals surface area contributed by atoms with E-state index < -0.39 is 38.1 Å². The molecular weight excluding hydrogens is 417 g/mol. The molecule has 0 bridgehead atoms. The van der Waals surface area contributed by atoms with Crippen LogP contribution in [0.5, 0.6) is 0 Å². The van der Waals surface area contributed by atoms with E-state index in [2.05, 4.69) is 5.16 Å². The first-order chi connectivity index (χ1) is 13.3. The highest BCUT2D eigenvalue weighted by Gasteiger charge is 2.33. The smallest absolute Gasteiger partial charge is 0.360 e. The lowest BCUT2D eigenvalue weighted by molar-refractivity contribution is -0.138. The maximum atomic E-state index is 14.3. The van der Waals surface area contributed by atoms with Gasteiger partial charge < -0.3 is 4.52 Å². The maximum Gasteiger partial charge on any atom is 0.416 e. The summed E-state index contributed by atoms with van der Waals surface area (Å²) in [5.74, 6) is -2.55. The molecule has 0 saturated heterocycles. The molecule has 0 fully saturated rings. The summed E-state index contributed by atoms with van der Waals surface area (Å²) in [7, 11) is -4.16. The van der Waals surface area contributed by atoms with Crippen LogP contribution in [0, 0.1) is 25.5 Å². The van der Waals surface area contributed by atoms with Crippen LogP contribution in [0.3, 0.4) is 0 Å². The van der Waals surface area contributed by atoms with E-state index in [1.165, 1.54) is 26.0 Å². The average Bonchev–Trinajstić information content (AvgIpc) is 2.93. The van der Waals surface area contributed by atoms with E-state index in [1.807, 2.05) is 0 Å². The molecule has 1 aromatic heterocycles. The van der Waals surface area contributed by atoms with Gasteiger partial charge in [0.1, 0.15) is 28.0 Å². The third kappa shape index (κ3) is 3.89. The summed E-state index contributed by atoms with van der Waals surface area (Å²) in [4.78, 5) is -1.09. The zero-order valence-electron chi connectivity index (χ0n) is 15.4. The fourth-order valence-corrected chi connectivity index (χ4v) is 3.87. The number of rotatable bonds is 3. The van der Waals surface area contributed by atoms with Gasteiger partial charge >= 0.3 is 6.18 Å². The summed E-state index contributed by atoms with van der Waals surface area (Å²) in [5.41, 5.74) is -0.971. The summed E-state index contributed by atoms with van der Waals surface area (Å²) in [6.45, 7) is 2.72. The molecule has 1 heterocycles. The molecule has 4 nitrogen and oxygen atoms in total. The molecule has 2 aromatic carbocycles. The third-order valence-electron chi connectivity index (χ3n) is 4.34. The molecule has 10 heteroatoms. The first-order valence-corrected chi connectivity index (χ1v) is 10.0. The molecule has 0 amide bonds. The lowest BCUT2D eigenvalue weighted by atomic mass is 9.96. The Morgan fingerprint density at radius 3 is 2.07 bits per heavy atom. The van der Waals surface area contributed by atoms with Crippen LogP contribution in [-0.2, 0) is 16.0 Å². The fourth-order valence-electron chi connectivity index (χ4n) is 3.04.